The number of piperidine rings is 2. The van der Waals surface area contributed by atoms with Gasteiger partial charge >= 0.3 is 0 Å². The number of hydrogen-bond donors (Lipinski definition) is 1. The minimum Gasteiger partial charge on any atom is -0.393 e. The van der Waals surface area contributed by atoms with Gasteiger partial charge in [0.25, 0.3) is 0 Å². The highest BCUT2D eigenvalue weighted by atomic mass is 16.3. The molecule has 4 nitrogen and oxygen atoms in total. The van der Waals surface area contributed by atoms with Crippen molar-refractivity contribution in [2.24, 2.45) is 0 Å². The Morgan fingerprint density at radius 1 is 1.00 bits per heavy atom. The van der Waals surface area contributed by atoms with Gasteiger partial charge in [0.15, 0.2) is 0 Å². The van der Waals surface area contributed by atoms with Gasteiger partial charge in [0.1, 0.15) is 6.04 Å². The van der Waals surface area contributed by atoms with E-state index in [9.17, 15) is 9.90 Å². The summed E-state index contributed by atoms with van der Waals surface area (Å²) in [6.45, 7) is 3.36. The SMILES string of the molecule is O=C(C(c1ccccc1)N1CCC(O)CC1)N1CCCCC1. The van der Waals surface area contributed by atoms with Crippen LogP contribution in [0.5, 0.6) is 0 Å². The first kappa shape index (κ1) is 15.5. The predicted octanol–water partition coefficient (Wildman–Crippen LogP) is 2.20. The van der Waals surface area contributed by atoms with Crippen LogP contribution in [0, 0.1) is 0 Å². The van der Waals surface area contributed by atoms with Crippen LogP contribution in [0.25, 0.3) is 0 Å². The maximum absolute atomic E-state index is 13.1. The lowest BCUT2D eigenvalue weighted by atomic mass is 9.98. The summed E-state index contributed by atoms with van der Waals surface area (Å²) in [6, 6.07) is 9.92. The van der Waals surface area contributed by atoms with Gasteiger partial charge in [-0.2, -0.15) is 0 Å². The van der Waals surface area contributed by atoms with Crippen molar-refractivity contribution in [2.45, 2.75) is 44.2 Å². The van der Waals surface area contributed by atoms with Crippen LogP contribution in [0.15, 0.2) is 30.3 Å². The van der Waals surface area contributed by atoms with Gasteiger partial charge in [-0.3, -0.25) is 9.69 Å². The molecule has 1 aromatic rings. The summed E-state index contributed by atoms with van der Waals surface area (Å²) in [5, 5.41) is 9.74. The van der Waals surface area contributed by atoms with E-state index in [1.807, 2.05) is 23.1 Å². The number of amides is 1. The van der Waals surface area contributed by atoms with Crippen molar-refractivity contribution in [3.8, 4) is 0 Å². The summed E-state index contributed by atoms with van der Waals surface area (Å²) in [6.07, 6.45) is 4.78. The standard InChI is InChI=1S/C18H26N2O2/c21-16-9-13-19(14-10-16)17(15-7-3-1-4-8-15)18(22)20-11-5-2-6-12-20/h1,3-4,7-8,16-17,21H,2,5-6,9-14H2. The third-order valence-corrected chi connectivity index (χ3v) is 4.88. The van der Waals surface area contributed by atoms with Crippen LogP contribution in [0.4, 0.5) is 0 Å². The Hall–Kier alpha value is -1.39. The van der Waals surface area contributed by atoms with Crippen molar-refractivity contribution < 1.29 is 9.90 Å². The zero-order valence-electron chi connectivity index (χ0n) is 13.2. The minimum atomic E-state index is -0.210. The smallest absolute Gasteiger partial charge is 0.244 e. The van der Waals surface area contributed by atoms with E-state index in [4.69, 9.17) is 0 Å². The van der Waals surface area contributed by atoms with Crippen LogP contribution < -0.4 is 0 Å². The topological polar surface area (TPSA) is 43.8 Å². The average Bonchev–Trinajstić information content (AvgIpc) is 2.58. The molecule has 1 aromatic carbocycles. The van der Waals surface area contributed by atoms with E-state index in [0.29, 0.717) is 0 Å². The van der Waals surface area contributed by atoms with Crippen molar-refractivity contribution in [1.29, 1.82) is 0 Å². The Labute approximate surface area is 132 Å². The number of nitrogens with zero attached hydrogens (tertiary/aromatic N) is 2. The molecule has 0 aliphatic carbocycles. The van der Waals surface area contributed by atoms with E-state index in [2.05, 4.69) is 17.0 Å². The maximum atomic E-state index is 13.1. The van der Waals surface area contributed by atoms with E-state index in [1.165, 1.54) is 6.42 Å². The molecule has 2 aliphatic rings. The average molecular weight is 302 g/mol. The molecule has 1 atom stereocenters. The summed E-state index contributed by atoms with van der Waals surface area (Å²) in [7, 11) is 0. The highest BCUT2D eigenvalue weighted by Crippen LogP contribution is 2.28. The van der Waals surface area contributed by atoms with Gasteiger partial charge in [0.2, 0.25) is 5.91 Å². The van der Waals surface area contributed by atoms with Crippen LogP contribution in [-0.4, -0.2) is 53.1 Å². The van der Waals surface area contributed by atoms with Gasteiger partial charge in [-0.05, 0) is 37.7 Å². The first-order valence-corrected chi connectivity index (χ1v) is 8.51. The molecule has 0 aromatic heterocycles. The molecule has 120 valence electrons. The number of hydrogen-bond acceptors (Lipinski definition) is 3. The molecule has 0 bridgehead atoms. The Balaban J connectivity index is 1.81. The number of aliphatic hydroxyl groups excluding tert-OH is 1. The van der Waals surface area contributed by atoms with Crippen molar-refractivity contribution >= 4 is 5.91 Å². The maximum Gasteiger partial charge on any atom is 0.244 e. The largest absolute Gasteiger partial charge is 0.393 e. The summed E-state index contributed by atoms with van der Waals surface area (Å²) in [4.78, 5) is 17.4. The first-order chi connectivity index (χ1) is 10.8. The second-order valence-electron chi connectivity index (χ2n) is 6.47. The van der Waals surface area contributed by atoms with E-state index in [1.54, 1.807) is 0 Å². The van der Waals surface area contributed by atoms with Crippen LogP contribution >= 0.6 is 0 Å². The number of carbonyl (C=O) groups is 1. The second kappa shape index (κ2) is 7.25. The highest BCUT2D eigenvalue weighted by Gasteiger charge is 2.33. The van der Waals surface area contributed by atoms with E-state index in [-0.39, 0.29) is 18.1 Å². The molecule has 0 saturated carbocycles. The van der Waals surface area contributed by atoms with Crippen LogP contribution in [0.2, 0.25) is 0 Å². The Morgan fingerprint density at radius 2 is 1.64 bits per heavy atom. The van der Waals surface area contributed by atoms with Gasteiger partial charge in [0, 0.05) is 26.2 Å². The van der Waals surface area contributed by atoms with Gasteiger partial charge in [0.05, 0.1) is 6.10 Å². The second-order valence-corrected chi connectivity index (χ2v) is 6.47. The minimum absolute atomic E-state index is 0.188. The van der Waals surface area contributed by atoms with Gasteiger partial charge in [-0.25, -0.2) is 0 Å². The van der Waals surface area contributed by atoms with Crippen molar-refractivity contribution in [1.82, 2.24) is 9.80 Å². The molecule has 2 saturated heterocycles. The molecule has 1 unspecified atom stereocenters. The quantitative estimate of drug-likeness (QED) is 0.931. The number of carbonyl (C=O) groups excluding carboxylic acids is 1. The molecule has 2 aliphatic heterocycles. The molecule has 22 heavy (non-hydrogen) atoms. The molecule has 3 rings (SSSR count). The van der Waals surface area contributed by atoms with Crippen LogP contribution in [0.1, 0.15) is 43.7 Å². The number of likely N-dealkylation sites (tertiary alicyclic amines) is 2. The van der Waals surface area contributed by atoms with E-state index < -0.39 is 0 Å². The van der Waals surface area contributed by atoms with E-state index in [0.717, 1.165) is 57.4 Å². The van der Waals surface area contributed by atoms with E-state index >= 15 is 0 Å². The Bertz CT molecular complexity index is 477. The van der Waals surface area contributed by atoms with Crippen molar-refractivity contribution in [2.75, 3.05) is 26.2 Å². The summed E-state index contributed by atoms with van der Waals surface area (Å²) in [5.74, 6) is 0.238. The lowest BCUT2D eigenvalue weighted by Gasteiger charge is -2.39. The third kappa shape index (κ3) is 3.50. The lowest BCUT2D eigenvalue weighted by Crippen LogP contribution is -2.47. The van der Waals surface area contributed by atoms with Gasteiger partial charge in [-0.15, -0.1) is 0 Å². The predicted molar refractivity (Wildman–Crippen MR) is 86.4 cm³/mol. The van der Waals surface area contributed by atoms with Crippen molar-refractivity contribution in [3.05, 3.63) is 35.9 Å². The molecule has 2 fully saturated rings. The highest BCUT2D eigenvalue weighted by molar-refractivity contribution is 5.83. The van der Waals surface area contributed by atoms with Crippen LogP contribution in [-0.2, 0) is 4.79 Å². The molecule has 0 radical (unpaired) electrons. The lowest BCUT2D eigenvalue weighted by molar-refractivity contribution is -0.139. The van der Waals surface area contributed by atoms with Gasteiger partial charge < -0.3 is 10.0 Å². The fourth-order valence-electron chi connectivity index (χ4n) is 3.58. The van der Waals surface area contributed by atoms with Gasteiger partial charge in [-0.1, -0.05) is 30.3 Å². The number of benzene rings is 1. The summed E-state index contributed by atoms with van der Waals surface area (Å²) < 4.78 is 0. The zero-order chi connectivity index (χ0) is 15.4. The summed E-state index contributed by atoms with van der Waals surface area (Å²) >= 11 is 0. The molecule has 1 N–H and O–H groups in total. The summed E-state index contributed by atoms with van der Waals surface area (Å²) in [5.41, 5.74) is 1.08. The number of rotatable bonds is 3. The Morgan fingerprint density at radius 3 is 2.27 bits per heavy atom. The molecule has 2 heterocycles. The molecule has 1 amide bonds. The fraction of sp³-hybridized carbons (Fsp3) is 0.611. The fourth-order valence-corrected chi connectivity index (χ4v) is 3.58. The van der Waals surface area contributed by atoms with Crippen molar-refractivity contribution in [3.63, 3.8) is 0 Å². The zero-order valence-corrected chi connectivity index (χ0v) is 13.2. The molecular weight excluding hydrogens is 276 g/mol. The monoisotopic (exact) mass is 302 g/mol. The first-order valence-electron chi connectivity index (χ1n) is 8.51. The molecule has 4 heteroatoms. The number of aliphatic hydroxyl groups is 1. The van der Waals surface area contributed by atoms with Crippen LogP contribution in [0.3, 0.4) is 0 Å². The normalized spacial score (nSPS) is 22.5. The molecular formula is C18H26N2O2. The molecule has 0 spiro atoms. The Kier molecular flexibility index (Phi) is 5.11. The third-order valence-electron chi connectivity index (χ3n) is 4.88.